The number of allylic oxidation sites excluding steroid dienone is 1. The second kappa shape index (κ2) is 11.4. The zero-order valence-corrected chi connectivity index (χ0v) is 21.6. The molecule has 0 bridgehead atoms. The summed E-state index contributed by atoms with van der Waals surface area (Å²) in [6.45, 7) is 8.52. The summed E-state index contributed by atoms with van der Waals surface area (Å²) in [4.78, 5) is 10.7. The third kappa shape index (κ3) is 7.67. The van der Waals surface area contributed by atoms with E-state index < -0.39 is 16.1 Å². The fourth-order valence-electron chi connectivity index (χ4n) is 4.58. The Hall–Kier alpha value is -2.65. The monoisotopic (exact) mass is 504 g/mol. The lowest BCUT2D eigenvalue weighted by Crippen LogP contribution is -2.31. The first-order valence-electron chi connectivity index (χ1n) is 12.2. The van der Waals surface area contributed by atoms with Crippen molar-refractivity contribution in [3.8, 4) is 11.3 Å². The molecule has 9 heteroatoms. The van der Waals surface area contributed by atoms with Crippen LogP contribution in [0.25, 0.3) is 17.4 Å². The van der Waals surface area contributed by atoms with Crippen molar-refractivity contribution < 1.29 is 27.3 Å². The predicted octanol–water partition coefficient (Wildman–Crippen LogP) is 3.37. The van der Waals surface area contributed by atoms with Crippen LogP contribution in [0, 0.1) is 0 Å². The van der Waals surface area contributed by atoms with Crippen molar-refractivity contribution >= 4 is 22.2 Å². The summed E-state index contributed by atoms with van der Waals surface area (Å²) in [6, 6.07) is 8.42. The van der Waals surface area contributed by atoms with Crippen LogP contribution in [0.5, 0.6) is 0 Å². The van der Waals surface area contributed by atoms with Crippen LogP contribution >= 0.6 is 0 Å². The van der Waals surface area contributed by atoms with Gasteiger partial charge in [-0.05, 0) is 50.2 Å². The van der Waals surface area contributed by atoms with E-state index in [1.165, 1.54) is 0 Å². The summed E-state index contributed by atoms with van der Waals surface area (Å²) >= 11 is 0. The number of hydrogen-bond acceptors (Lipinski definition) is 6. The highest BCUT2D eigenvalue weighted by atomic mass is 32.2. The van der Waals surface area contributed by atoms with Crippen molar-refractivity contribution in [2.75, 3.05) is 25.4 Å². The highest BCUT2D eigenvalue weighted by Gasteiger charge is 2.31. The number of hydrogen-bond donors (Lipinski definition) is 2. The number of nitrogens with zero attached hydrogens (tertiary/aromatic N) is 1. The molecule has 0 unspecified atom stereocenters. The van der Waals surface area contributed by atoms with E-state index in [9.17, 15) is 17.8 Å². The molecule has 1 aliphatic heterocycles. The summed E-state index contributed by atoms with van der Waals surface area (Å²) in [5.74, 6) is 0.444. The molecule has 0 radical (unpaired) electrons. The topological polar surface area (TPSA) is 123 Å². The first-order valence-corrected chi connectivity index (χ1v) is 13.8. The first-order chi connectivity index (χ1) is 16.5. The summed E-state index contributed by atoms with van der Waals surface area (Å²) in [6.07, 6.45) is 5.71. The van der Waals surface area contributed by atoms with Gasteiger partial charge in [0.25, 0.3) is 0 Å². The van der Waals surface area contributed by atoms with Gasteiger partial charge in [0.05, 0.1) is 16.2 Å². The predicted molar refractivity (Wildman–Crippen MR) is 135 cm³/mol. The highest BCUT2D eigenvalue weighted by molar-refractivity contribution is 7.85. The van der Waals surface area contributed by atoms with Crippen molar-refractivity contribution in [2.24, 2.45) is 0 Å². The Morgan fingerprint density at radius 1 is 1.20 bits per heavy atom. The molecule has 35 heavy (non-hydrogen) atoms. The molecule has 1 heterocycles. The van der Waals surface area contributed by atoms with Crippen molar-refractivity contribution in [3.05, 3.63) is 46.6 Å². The van der Waals surface area contributed by atoms with Gasteiger partial charge in [0.2, 0.25) is 5.36 Å². The number of fused-ring (bicyclic) bond motifs is 2. The Kier molecular flexibility index (Phi) is 8.77. The van der Waals surface area contributed by atoms with E-state index in [4.69, 9.17) is 9.52 Å². The molecule has 0 spiro atoms. The lowest BCUT2D eigenvalue weighted by atomic mass is 9.76. The van der Waals surface area contributed by atoms with Gasteiger partial charge in [-0.3, -0.25) is 4.79 Å². The van der Waals surface area contributed by atoms with Crippen LogP contribution in [0.3, 0.4) is 0 Å². The number of rotatable bonds is 12. The minimum atomic E-state index is -4.20. The summed E-state index contributed by atoms with van der Waals surface area (Å²) in [5, 5.41) is 13.1. The van der Waals surface area contributed by atoms with E-state index in [1.54, 1.807) is 0 Å². The molecule has 3 aliphatic rings. The molecule has 0 amide bonds. The minimum Gasteiger partial charge on any atom is -0.748 e. The van der Waals surface area contributed by atoms with Crippen LogP contribution in [-0.4, -0.2) is 49.4 Å². The standard InChI is InChI=1S/C26H36N2O6S/c1-4-28(13-7-5-6-9-25(29)30)21-11-10-19-15-22-24(34-23(19)17-21)16-20(18-26(22,2)3)27-12-8-14-35(31,32)33/h10-11,15-17H,4-9,12-14,18H2,1-3H3,(H2,29,30,31,32,33). The average molecular weight is 505 g/mol. The van der Waals surface area contributed by atoms with Gasteiger partial charge in [0.1, 0.15) is 24.6 Å². The molecule has 3 rings (SSSR count). The van der Waals surface area contributed by atoms with E-state index in [1.807, 2.05) is 6.08 Å². The lowest BCUT2D eigenvalue weighted by molar-refractivity contribution is -0.137. The SMILES string of the molecule is CC[N+](CCCCCC(=O)O)=c1ccc2cc3c(oc-2c1)C=C(NCCCS(=O)(=O)[O-])CC3(C)C. The van der Waals surface area contributed by atoms with Gasteiger partial charge >= 0.3 is 5.97 Å². The van der Waals surface area contributed by atoms with Crippen LogP contribution in [0.2, 0.25) is 0 Å². The Morgan fingerprint density at radius 3 is 2.66 bits per heavy atom. The maximum Gasteiger partial charge on any atom is 0.303 e. The normalized spacial score (nSPS) is 15.9. The van der Waals surface area contributed by atoms with Crippen molar-refractivity contribution in [1.29, 1.82) is 0 Å². The van der Waals surface area contributed by atoms with Gasteiger partial charge in [-0.25, -0.2) is 13.0 Å². The molecule has 2 aliphatic carbocycles. The Balaban J connectivity index is 1.83. The number of benzene rings is 1. The van der Waals surface area contributed by atoms with E-state index in [0.717, 1.165) is 66.1 Å². The van der Waals surface area contributed by atoms with E-state index in [0.29, 0.717) is 13.0 Å². The van der Waals surface area contributed by atoms with Crippen molar-refractivity contribution in [3.63, 3.8) is 0 Å². The summed E-state index contributed by atoms with van der Waals surface area (Å²) in [5.41, 5.74) is 2.94. The lowest BCUT2D eigenvalue weighted by Gasteiger charge is -2.32. The van der Waals surface area contributed by atoms with E-state index in [2.05, 4.69) is 54.9 Å². The third-order valence-corrected chi connectivity index (χ3v) is 7.23. The highest BCUT2D eigenvalue weighted by Crippen LogP contribution is 2.40. The van der Waals surface area contributed by atoms with Crippen molar-refractivity contribution in [1.82, 2.24) is 9.89 Å². The molecule has 0 atom stereocenters. The first kappa shape index (κ1) is 26.9. The van der Waals surface area contributed by atoms with Gasteiger partial charge in [0.15, 0.2) is 0 Å². The third-order valence-electron chi connectivity index (χ3n) is 6.44. The molecular formula is C26H36N2O6S. The van der Waals surface area contributed by atoms with E-state index in [-0.39, 0.29) is 24.0 Å². The van der Waals surface area contributed by atoms with Gasteiger partial charge in [-0.2, -0.15) is 0 Å². The van der Waals surface area contributed by atoms with Crippen LogP contribution < -0.4 is 15.2 Å². The second-order valence-electron chi connectivity index (χ2n) is 9.80. The molecule has 8 nitrogen and oxygen atoms in total. The smallest absolute Gasteiger partial charge is 0.303 e. The molecule has 0 aromatic carbocycles. The second-order valence-corrected chi connectivity index (χ2v) is 11.3. The number of unbranched alkanes of at least 4 members (excludes halogenated alkanes) is 2. The van der Waals surface area contributed by atoms with E-state index >= 15 is 0 Å². The van der Waals surface area contributed by atoms with Gasteiger partial charge < -0.3 is 19.4 Å². The maximum atomic E-state index is 10.8. The molecule has 0 saturated heterocycles. The molecular weight excluding hydrogens is 468 g/mol. The maximum absolute atomic E-state index is 10.8. The quantitative estimate of drug-likeness (QED) is 0.258. The molecule has 0 aromatic rings. The molecule has 0 aromatic heterocycles. The van der Waals surface area contributed by atoms with Crippen LogP contribution in [0.1, 0.15) is 70.6 Å². The largest absolute Gasteiger partial charge is 0.748 e. The fraction of sp³-hybridized carbons (Fsp3) is 0.538. The average Bonchev–Trinajstić information content (AvgIpc) is 2.76. The summed E-state index contributed by atoms with van der Waals surface area (Å²) < 4.78 is 41.2. The molecule has 0 saturated carbocycles. The Bertz CT molecular complexity index is 1230. The Labute approximate surface area is 207 Å². The minimum absolute atomic E-state index is 0.168. The Morgan fingerprint density at radius 2 is 1.97 bits per heavy atom. The van der Waals surface area contributed by atoms with Gasteiger partial charge in [0, 0.05) is 54.1 Å². The van der Waals surface area contributed by atoms with Crippen LogP contribution in [0.15, 0.2) is 34.4 Å². The van der Waals surface area contributed by atoms with Gasteiger partial charge in [-0.1, -0.05) is 13.8 Å². The van der Waals surface area contributed by atoms with Crippen LogP contribution in [-0.2, 0) is 20.3 Å². The summed E-state index contributed by atoms with van der Waals surface area (Å²) in [7, 11) is -4.20. The zero-order chi connectivity index (χ0) is 25.6. The molecule has 2 N–H and O–H groups in total. The molecule has 0 fully saturated rings. The number of carboxylic acids is 1. The fourth-order valence-corrected chi connectivity index (χ4v) is 5.08. The number of carbonyl (C=O) groups is 1. The number of aliphatic carboxylic acids is 1. The van der Waals surface area contributed by atoms with Gasteiger partial charge in [-0.15, -0.1) is 0 Å². The number of nitrogens with one attached hydrogen (secondary N) is 1. The molecule has 192 valence electrons. The zero-order valence-electron chi connectivity index (χ0n) is 20.8. The number of carboxylic acid groups (broad SMARTS) is 1. The van der Waals surface area contributed by atoms with Crippen LogP contribution in [0.4, 0.5) is 0 Å². The van der Waals surface area contributed by atoms with Crippen molar-refractivity contribution in [2.45, 2.75) is 64.7 Å².